The maximum absolute atomic E-state index is 5.93. The number of nitrogens with one attached hydrogen (secondary N) is 1. The van der Waals surface area contributed by atoms with Crippen molar-refractivity contribution >= 4 is 17.5 Å². The van der Waals surface area contributed by atoms with Gasteiger partial charge in [0.15, 0.2) is 0 Å². The van der Waals surface area contributed by atoms with E-state index in [2.05, 4.69) is 30.2 Å². The van der Waals surface area contributed by atoms with E-state index in [4.69, 9.17) is 16.0 Å². The van der Waals surface area contributed by atoms with Crippen LogP contribution < -0.4 is 5.32 Å². The molecular formula is C12H12ClN7O. The molecule has 3 aromatic rings. The lowest BCUT2D eigenvalue weighted by atomic mass is 10.3. The molecule has 3 heterocycles. The summed E-state index contributed by atoms with van der Waals surface area (Å²) in [6.07, 6.45) is 6.58. The number of nitrogens with zero attached hydrogens (tertiary/aromatic N) is 6. The van der Waals surface area contributed by atoms with Gasteiger partial charge in [0.1, 0.15) is 18.1 Å². The van der Waals surface area contributed by atoms with Crippen LogP contribution in [-0.2, 0) is 0 Å². The molecule has 0 radical (unpaired) electrons. The summed E-state index contributed by atoms with van der Waals surface area (Å²) in [5, 5.41) is 3.17. The molecule has 0 aliphatic carbocycles. The highest BCUT2D eigenvalue weighted by Gasteiger charge is 2.14. The van der Waals surface area contributed by atoms with Crippen LogP contribution in [0.15, 0.2) is 29.3 Å². The van der Waals surface area contributed by atoms with Crippen molar-refractivity contribution in [3.63, 3.8) is 0 Å². The second-order valence-corrected chi connectivity index (χ2v) is 4.71. The normalized spacial score (nSPS) is 12.3. The Balaban J connectivity index is 1.85. The molecule has 21 heavy (non-hydrogen) atoms. The van der Waals surface area contributed by atoms with Crippen molar-refractivity contribution in [3.05, 3.63) is 41.9 Å². The standard InChI is InChI=1S/C12H12ClN7O/c1-7-5-15-9(21-7)8(2)16-11-17-10(13)18-12(19-11)20-4-3-14-6-20/h3-6,8H,1-2H3,(H,16,17,18,19). The topological polar surface area (TPSA) is 94.6 Å². The number of halogens is 1. The van der Waals surface area contributed by atoms with Gasteiger partial charge in [-0.1, -0.05) is 0 Å². The van der Waals surface area contributed by atoms with E-state index in [1.54, 1.807) is 29.5 Å². The Labute approximate surface area is 125 Å². The van der Waals surface area contributed by atoms with E-state index in [0.29, 0.717) is 17.8 Å². The Morgan fingerprint density at radius 2 is 2.19 bits per heavy atom. The van der Waals surface area contributed by atoms with Crippen molar-refractivity contribution in [2.24, 2.45) is 0 Å². The fourth-order valence-corrected chi connectivity index (χ4v) is 1.88. The molecule has 1 atom stereocenters. The monoisotopic (exact) mass is 305 g/mol. The van der Waals surface area contributed by atoms with Gasteiger partial charge < -0.3 is 9.73 Å². The highest BCUT2D eigenvalue weighted by molar-refractivity contribution is 6.28. The Bertz CT molecular complexity index is 740. The highest BCUT2D eigenvalue weighted by Crippen LogP contribution is 2.18. The molecule has 3 rings (SSSR count). The van der Waals surface area contributed by atoms with Crippen LogP contribution in [0.1, 0.15) is 24.6 Å². The van der Waals surface area contributed by atoms with Gasteiger partial charge >= 0.3 is 0 Å². The van der Waals surface area contributed by atoms with E-state index in [1.807, 2.05) is 13.8 Å². The molecule has 8 nitrogen and oxygen atoms in total. The van der Waals surface area contributed by atoms with E-state index in [0.717, 1.165) is 5.76 Å². The summed E-state index contributed by atoms with van der Waals surface area (Å²) >= 11 is 5.93. The average Bonchev–Trinajstić information content (AvgIpc) is 3.08. The molecule has 0 spiro atoms. The average molecular weight is 306 g/mol. The van der Waals surface area contributed by atoms with E-state index < -0.39 is 0 Å². The van der Waals surface area contributed by atoms with Crippen molar-refractivity contribution < 1.29 is 4.42 Å². The lowest BCUT2D eigenvalue weighted by Gasteiger charge is -2.11. The fourth-order valence-electron chi connectivity index (χ4n) is 1.72. The number of oxazole rings is 1. The first-order chi connectivity index (χ1) is 10.1. The lowest BCUT2D eigenvalue weighted by Crippen LogP contribution is -2.12. The molecule has 1 N–H and O–H groups in total. The Kier molecular flexibility index (Phi) is 3.53. The van der Waals surface area contributed by atoms with Crippen LogP contribution in [0.2, 0.25) is 5.28 Å². The quantitative estimate of drug-likeness (QED) is 0.789. The zero-order valence-electron chi connectivity index (χ0n) is 11.4. The first-order valence-electron chi connectivity index (χ1n) is 6.20. The highest BCUT2D eigenvalue weighted by atomic mass is 35.5. The van der Waals surface area contributed by atoms with Crippen molar-refractivity contribution in [2.45, 2.75) is 19.9 Å². The summed E-state index contributed by atoms with van der Waals surface area (Å²) in [4.78, 5) is 20.5. The molecule has 1 unspecified atom stereocenters. The van der Waals surface area contributed by atoms with Crippen LogP contribution in [-0.4, -0.2) is 29.5 Å². The molecule has 0 bridgehead atoms. The maximum Gasteiger partial charge on any atom is 0.241 e. The number of aromatic nitrogens is 6. The maximum atomic E-state index is 5.93. The van der Waals surface area contributed by atoms with Gasteiger partial charge in [0, 0.05) is 12.4 Å². The molecule has 0 aliphatic rings. The summed E-state index contributed by atoms with van der Waals surface area (Å²) in [5.41, 5.74) is 0. The van der Waals surface area contributed by atoms with Crippen molar-refractivity contribution in [3.8, 4) is 5.95 Å². The molecule has 9 heteroatoms. The molecule has 0 amide bonds. The molecule has 0 saturated carbocycles. The van der Waals surface area contributed by atoms with Gasteiger partial charge in [-0.2, -0.15) is 15.0 Å². The Hall–Kier alpha value is -2.48. The van der Waals surface area contributed by atoms with Gasteiger partial charge in [-0.25, -0.2) is 9.97 Å². The molecule has 108 valence electrons. The summed E-state index contributed by atoms with van der Waals surface area (Å²) in [5.74, 6) is 2.01. The van der Waals surface area contributed by atoms with Crippen molar-refractivity contribution in [1.29, 1.82) is 0 Å². The van der Waals surface area contributed by atoms with Gasteiger partial charge in [0.2, 0.25) is 23.1 Å². The largest absolute Gasteiger partial charge is 0.444 e. The molecule has 0 fully saturated rings. The van der Waals surface area contributed by atoms with Crippen LogP contribution in [0.3, 0.4) is 0 Å². The predicted molar refractivity (Wildman–Crippen MR) is 75.2 cm³/mol. The second kappa shape index (κ2) is 5.49. The number of imidazole rings is 1. The minimum Gasteiger partial charge on any atom is -0.444 e. The van der Waals surface area contributed by atoms with Gasteiger partial charge in [-0.3, -0.25) is 4.57 Å². The van der Waals surface area contributed by atoms with Crippen molar-refractivity contribution in [2.75, 3.05) is 5.32 Å². The SMILES string of the molecule is Cc1cnc(C(C)Nc2nc(Cl)nc(-n3ccnc3)n2)o1. The Morgan fingerprint density at radius 3 is 2.86 bits per heavy atom. The van der Waals surface area contributed by atoms with E-state index in [-0.39, 0.29) is 11.3 Å². The number of aryl methyl sites for hydroxylation is 1. The lowest BCUT2D eigenvalue weighted by molar-refractivity contribution is 0.453. The molecule has 0 aliphatic heterocycles. The Morgan fingerprint density at radius 1 is 1.33 bits per heavy atom. The van der Waals surface area contributed by atoms with Crippen LogP contribution in [0.5, 0.6) is 0 Å². The second-order valence-electron chi connectivity index (χ2n) is 4.37. The van der Waals surface area contributed by atoms with Crippen LogP contribution in [0.4, 0.5) is 5.95 Å². The zero-order valence-corrected chi connectivity index (χ0v) is 12.1. The third-order valence-electron chi connectivity index (χ3n) is 2.69. The van der Waals surface area contributed by atoms with Gasteiger partial charge in [-0.05, 0) is 25.4 Å². The van der Waals surface area contributed by atoms with Gasteiger partial charge in [-0.15, -0.1) is 0 Å². The smallest absolute Gasteiger partial charge is 0.241 e. The minimum absolute atomic E-state index is 0.0898. The first kappa shape index (κ1) is 13.5. The number of rotatable bonds is 4. The molecule has 0 saturated heterocycles. The summed E-state index contributed by atoms with van der Waals surface area (Å²) in [6, 6.07) is -0.201. The van der Waals surface area contributed by atoms with E-state index in [1.165, 1.54) is 0 Å². The third kappa shape index (κ3) is 3.00. The first-order valence-corrected chi connectivity index (χ1v) is 6.58. The number of hydrogen-bond acceptors (Lipinski definition) is 7. The van der Waals surface area contributed by atoms with Gasteiger partial charge in [0.05, 0.1) is 6.20 Å². The van der Waals surface area contributed by atoms with Gasteiger partial charge in [0.25, 0.3) is 0 Å². The van der Waals surface area contributed by atoms with Crippen LogP contribution in [0, 0.1) is 6.92 Å². The molecule has 3 aromatic heterocycles. The predicted octanol–water partition coefficient (Wildman–Crippen LogP) is 2.18. The minimum atomic E-state index is -0.201. The van der Waals surface area contributed by atoms with E-state index in [9.17, 15) is 0 Å². The summed E-state index contributed by atoms with van der Waals surface area (Å²) in [7, 11) is 0. The summed E-state index contributed by atoms with van der Waals surface area (Å²) in [6.45, 7) is 3.72. The van der Waals surface area contributed by atoms with Crippen molar-refractivity contribution in [1.82, 2.24) is 29.5 Å². The zero-order chi connectivity index (χ0) is 14.8. The number of anilines is 1. The van der Waals surface area contributed by atoms with Crippen LogP contribution >= 0.6 is 11.6 Å². The van der Waals surface area contributed by atoms with E-state index >= 15 is 0 Å². The summed E-state index contributed by atoms with van der Waals surface area (Å²) < 4.78 is 7.09. The molecule has 0 aromatic carbocycles. The number of hydrogen-bond donors (Lipinski definition) is 1. The fraction of sp³-hybridized carbons (Fsp3) is 0.250. The third-order valence-corrected chi connectivity index (χ3v) is 2.86. The van der Waals surface area contributed by atoms with Crippen LogP contribution in [0.25, 0.3) is 5.95 Å². The molecular weight excluding hydrogens is 294 g/mol.